The van der Waals surface area contributed by atoms with Crippen LogP contribution in [0.5, 0.6) is 0 Å². The van der Waals surface area contributed by atoms with Crippen molar-refractivity contribution in [2.24, 2.45) is 0 Å². The van der Waals surface area contributed by atoms with Gasteiger partial charge in [0.25, 0.3) is 0 Å². The summed E-state index contributed by atoms with van der Waals surface area (Å²) in [6.07, 6.45) is 2.89. The van der Waals surface area contributed by atoms with Gasteiger partial charge in [-0.25, -0.2) is 19.2 Å². The van der Waals surface area contributed by atoms with Crippen LogP contribution >= 0.6 is 11.6 Å². The zero-order valence-electron chi connectivity index (χ0n) is 13.3. The molecule has 0 fully saturated rings. The molecule has 124 valence electrons. The van der Waals surface area contributed by atoms with Crippen LogP contribution in [0.4, 0.5) is 9.18 Å². The lowest BCUT2D eigenvalue weighted by Crippen LogP contribution is -2.39. The van der Waals surface area contributed by atoms with Gasteiger partial charge in [-0.15, -0.1) is 0 Å². The topological polar surface area (TPSA) is 49.3 Å². The van der Waals surface area contributed by atoms with Crippen LogP contribution in [-0.2, 0) is 0 Å². The first-order valence-corrected chi connectivity index (χ1v) is 7.77. The molecule has 1 aliphatic heterocycles. The highest BCUT2D eigenvalue weighted by molar-refractivity contribution is 6.28. The summed E-state index contributed by atoms with van der Waals surface area (Å²) < 4.78 is 14.1. The van der Waals surface area contributed by atoms with Gasteiger partial charge in [-0.3, -0.25) is 0 Å². The number of benzene rings is 1. The van der Waals surface area contributed by atoms with Crippen molar-refractivity contribution in [1.82, 2.24) is 19.8 Å². The molecule has 0 N–H and O–H groups in total. The average Bonchev–Trinajstić information content (AvgIpc) is 3.02. The van der Waals surface area contributed by atoms with Gasteiger partial charge in [0.2, 0.25) is 5.28 Å². The first-order chi connectivity index (χ1) is 11.5. The Bertz CT molecular complexity index is 794. The third-order valence-electron chi connectivity index (χ3n) is 3.82. The number of rotatable bonds is 2. The number of hydrogen-bond donors (Lipinski definition) is 0. The van der Waals surface area contributed by atoms with E-state index < -0.39 is 5.82 Å². The minimum absolute atomic E-state index is 0.0269. The molecular formula is C17H16ClFN4O. The lowest BCUT2D eigenvalue weighted by atomic mass is 10.1. The van der Waals surface area contributed by atoms with E-state index in [9.17, 15) is 9.18 Å². The zero-order chi connectivity index (χ0) is 17.3. The molecule has 2 heterocycles. The summed E-state index contributed by atoms with van der Waals surface area (Å²) in [6, 6.07) is 9.14. The van der Waals surface area contributed by atoms with Crippen molar-refractivity contribution in [1.29, 1.82) is 0 Å². The molecule has 1 aromatic heterocycles. The fourth-order valence-corrected chi connectivity index (χ4v) is 2.84. The van der Waals surface area contributed by atoms with Crippen LogP contribution in [0.1, 0.15) is 17.3 Å². The molecule has 0 saturated heterocycles. The highest BCUT2D eigenvalue weighted by Crippen LogP contribution is 2.35. The molecule has 0 aliphatic carbocycles. The van der Waals surface area contributed by atoms with E-state index in [0.29, 0.717) is 5.57 Å². The number of nitrogens with zero attached hydrogens (tertiary/aromatic N) is 4. The number of carbonyl (C=O) groups is 1. The molecule has 2 aromatic rings. The molecule has 1 aliphatic rings. The normalized spacial score (nSPS) is 16.9. The Kier molecular flexibility index (Phi) is 4.49. The number of carbonyl (C=O) groups excluding carboxylic acids is 1. The van der Waals surface area contributed by atoms with Crippen molar-refractivity contribution in [3.05, 3.63) is 65.0 Å². The SMILES string of the molecule is CN(C)C(=O)N1CC(c2nc(Cl)ncc2F)=C[C@H]1c1ccccc1. The summed E-state index contributed by atoms with van der Waals surface area (Å²) in [5.41, 5.74) is 1.69. The van der Waals surface area contributed by atoms with Gasteiger partial charge in [-0.1, -0.05) is 36.4 Å². The molecule has 0 unspecified atom stereocenters. The molecule has 2 amide bonds. The number of halogens is 2. The average molecular weight is 347 g/mol. The Morgan fingerprint density at radius 2 is 2.04 bits per heavy atom. The van der Waals surface area contributed by atoms with Crippen molar-refractivity contribution in [3.8, 4) is 0 Å². The quantitative estimate of drug-likeness (QED) is 0.783. The van der Waals surface area contributed by atoms with Crippen LogP contribution in [0.15, 0.2) is 42.6 Å². The Balaban J connectivity index is 2.03. The van der Waals surface area contributed by atoms with E-state index in [1.54, 1.807) is 19.0 Å². The van der Waals surface area contributed by atoms with Crippen LogP contribution in [-0.4, -0.2) is 46.4 Å². The molecular weight excluding hydrogens is 331 g/mol. The van der Waals surface area contributed by atoms with Crippen molar-refractivity contribution < 1.29 is 9.18 Å². The summed E-state index contributed by atoms with van der Waals surface area (Å²) in [4.78, 5) is 23.3. The fraction of sp³-hybridized carbons (Fsp3) is 0.235. The smallest absolute Gasteiger partial charge is 0.320 e. The molecule has 1 atom stereocenters. The zero-order valence-corrected chi connectivity index (χ0v) is 14.0. The van der Waals surface area contributed by atoms with Crippen LogP contribution in [0.25, 0.3) is 5.57 Å². The Hall–Kier alpha value is -2.47. The number of amides is 2. The summed E-state index contributed by atoms with van der Waals surface area (Å²) in [5.74, 6) is -0.559. The first-order valence-electron chi connectivity index (χ1n) is 7.39. The second-order valence-corrected chi connectivity index (χ2v) is 6.03. The van der Waals surface area contributed by atoms with Crippen LogP contribution < -0.4 is 0 Å². The van der Waals surface area contributed by atoms with Gasteiger partial charge in [0.05, 0.1) is 18.8 Å². The number of aromatic nitrogens is 2. The lowest BCUT2D eigenvalue weighted by molar-refractivity contribution is 0.170. The summed E-state index contributed by atoms with van der Waals surface area (Å²) in [7, 11) is 3.37. The second kappa shape index (κ2) is 6.57. The minimum Gasteiger partial charge on any atom is -0.331 e. The fourth-order valence-electron chi connectivity index (χ4n) is 2.71. The monoisotopic (exact) mass is 346 g/mol. The minimum atomic E-state index is -0.559. The van der Waals surface area contributed by atoms with E-state index >= 15 is 0 Å². The third-order valence-corrected chi connectivity index (χ3v) is 4.01. The number of urea groups is 1. The van der Waals surface area contributed by atoms with Crippen molar-refractivity contribution in [2.75, 3.05) is 20.6 Å². The third kappa shape index (κ3) is 3.10. The summed E-state index contributed by atoms with van der Waals surface area (Å²) in [6.45, 7) is 0.251. The molecule has 5 nitrogen and oxygen atoms in total. The predicted octanol–water partition coefficient (Wildman–Crippen LogP) is 3.39. The molecule has 0 radical (unpaired) electrons. The van der Waals surface area contributed by atoms with Crippen molar-refractivity contribution >= 4 is 23.2 Å². The largest absolute Gasteiger partial charge is 0.331 e. The maximum Gasteiger partial charge on any atom is 0.320 e. The van der Waals surface area contributed by atoms with Gasteiger partial charge in [0.1, 0.15) is 5.69 Å². The van der Waals surface area contributed by atoms with E-state index in [0.717, 1.165) is 11.8 Å². The van der Waals surface area contributed by atoms with Gasteiger partial charge in [0, 0.05) is 14.1 Å². The molecule has 0 saturated carbocycles. The molecule has 7 heteroatoms. The predicted molar refractivity (Wildman–Crippen MR) is 89.9 cm³/mol. The maximum atomic E-state index is 14.1. The van der Waals surface area contributed by atoms with E-state index in [1.165, 1.54) is 4.90 Å². The lowest BCUT2D eigenvalue weighted by Gasteiger charge is -2.28. The van der Waals surface area contributed by atoms with Gasteiger partial charge < -0.3 is 9.80 Å². The molecule has 0 bridgehead atoms. The molecule has 1 aromatic carbocycles. The standard InChI is InChI=1S/C17H16ClFN4O/c1-22(2)17(24)23-10-12(15-13(19)9-20-16(18)21-15)8-14(23)11-6-4-3-5-7-11/h3-9,14H,10H2,1-2H3/t14-/m0/s1. The Morgan fingerprint density at radius 1 is 1.33 bits per heavy atom. The highest BCUT2D eigenvalue weighted by atomic mass is 35.5. The highest BCUT2D eigenvalue weighted by Gasteiger charge is 2.33. The van der Waals surface area contributed by atoms with E-state index in [1.807, 2.05) is 36.4 Å². The van der Waals surface area contributed by atoms with E-state index in [-0.39, 0.29) is 29.6 Å². The summed E-state index contributed by atoms with van der Waals surface area (Å²) in [5, 5.41) is -0.0269. The van der Waals surface area contributed by atoms with Crippen LogP contribution in [0, 0.1) is 5.82 Å². The van der Waals surface area contributed by atoms with E-state index in [4.69, 9.17) is 11.6 Å². The van der Waals surface area contributed by atoms with Gasteiger partial charge in [-0.2, -0.15) is 0 Å². The van der Waals surface area contributed by atoms with Crippen LogP contribution in [0.2, 0.25) is 5.28 Å². The van der Waals surface area contributed by atoms with Crippen molar-refractivity contribution in [3.63, 3.8) is 0 Å². The second-order valence-electron chi connectivity index (χ2n) is 5.69. The Labute approximate surface area is 144 Å². The molecule has 24 heavy (non-hydrogen) atoms. The van der Waals surface area contributed by atoms with Gasteiger partial charge in [0.15, 0.2) is 5.82 Å². The number of hydrogen-bond acceptors (Lipinski definition) is 3. The first kappa shape index (κ1) is 16.4. The van der Waals surface area contributed by atoms with Gasteiger partial charge >= 0.3 is 6.03 Å². The van der Waals surface area contributed by atoms with Crippen LogP contribution in [0.3, 0.4) is 0 Å². The molecule has 3 rings (SSSR count). The summed E-state index contributed by atoms with van der Waals surface area (Å²) >= 11 is 5.79. The Morgan fingerprint density at radius 3 is 2.71 bits per heavy atom. The maximum absolute atomic E-state index is 14.1. The molecule has 0 spiro atoms. The van der Waals surface area contributed by atoms with E-state index in [2.05, 4.69) is 9.97 Å². The van der Waals surface area contributed by atoms with Gasteiger partial charge in [-0.05, 0) is 22.7 Å². The van der Waals surface area contributed by atoms with Crippen molar-refractivity contribution in [2.45, 2.75) is 6.04 Å².